The van der Waals surface area contributed by atoms with Gasteiger partial charge in [-0.3, -0.25) is 0 Å². The number of nitrogens with zero attached hydrogens (tertiary/aromatic N) is 3. The molecule has 0 saturated heterocycles. The van der Waals surface area contributed by atoms with Crippen molar-refractivity contribution in [3.05, 3.63) is 58.9 Å². The summed E-state index contributed by atoms with van der Waals surface area (Å²) in [6.07, 6.45) is -1.17. The zero-order valence-electron chi connectivity index (χ0n) is 11.9. The van der Waals surface area contributed by atoms with Gasteiger partial charge in [0.25, 0.3) is 0 Å². The van der Waals surface area contributed by atoms with Gasteiger partial charge in [-0.25, -0.2) is 4.98 Å². The third-order valence-electron chi connectivity index (χ3n) is 3.34. The van der Waals surface area contributed by atoms with Gasteiger partial charge in [0.15, 0.2) is 0 Å². The van der Waals surface area contributed by atoms with Crippen molar-refractivity contribution in [2.24, 2.45) is 0 Å². The zero-order chi connectivity index (χ0) is 16.6. The minimum absolute atomic E-state index is 0.252. The molecular formula is C16H10F3N3S. The molecule has 1 aromatic heterocycles. The number of alkyl halides is 3. The first-order valence-corrected chi connectivity index (χ1v) is 7.42. The standard InChI is InChI=1S/C16H10F3N3S/c1-22-9-10(16(17,18)19)6-7-13(22)11(8-20)15-21-12-4-2-3-5-14(12)23-15/h2-7,9H,1H3. The second-order valence-electron chi connectivity index (χ2n) is 4.89. The highest BCUT2D eigenvalue weighted by Crippen LogP contribution is 2.34. The molecule has 0 saturated carbocycles. The summed E-state index contributed by atoms with van der Waals surface area (Å²) in [5.41, 5.74) is 0.641. The van der Waals surface area contributed by atoms with E-state index in [-0.39, 0.29) is 5.57 Å². The molecule has 0 N–H and O–H groups in total. The third kappa shape index (κ3) is 2.85. The number of hydrogen-bond donors (Lipinski definition) is 0. The Kier molecular flexibility index (Phi) is 3.70. The summed E-state index contributed by atoms with van der Waals surface area (Å²) in [6.45, 7) is 0. The molecule has 0 spiro atoms. The van der Waals surface area contributed by atoms with Crippen molar-refractivity contribution in [1.29, 1.82) is 5.26 Å². The zero-order valence-corrected chi connectivity index (χ0v) is 12.7. The summed E-state index contributed by atoms with van der Waals surface area (Å²) in [5, 5.41) is 9.95. The Bertz CT molecular complexity index is 864. The van der Waals surface area contributed by atoms with Gasteiger partial charge in [-0.15, -0.1) is 11.3 Å². The van der Waals surface area contributed by atoms with Crippen molar-refractivity contribution < 1.29 is 13.2 Å². The molecule has 0 aliphatic carbocycles. The van der Waals surface area contributed by atoms with E-state index >= 15 is 0 Å². The van der Waals surface area contributed by atoms with E-state index in [9.17, 15) is 18.4 Å². The van der Waals surface area contributed by atoms with Gasteiger partial charge in [-0.05, 0) is 24.3 Å². The first kappa shape index (κ1) is 15.3. The molecule has 2 heterocycles. The summed E-state index contributed by atoms with van der Waals surface area (Å²) >= 11 is 1.34. The fourth-order valence-electron chi connectivity index (χ4n) is 2.23. The van der Waals surface area contributed by atoms with Crippen LogP contribution in [0.5, 0.6) is 0 Å². The van der Waals surface area contributed by atoms with Crippen molar-refractivity contribution in [1.82, 2.24) is 9.88 Å². The number of halogens is 3. The first-order chi connectivity index (χ1) is 10.9. The molecule has 0 amide bonds. The highest BCUT2D eigenvalue weighted by atomic mass is 32.1. The average Bonchev–Trinajstić information content (AvgIpc) is 2.92. The lowest BCUT2D eigenvalue weighted by Crippen LogP contribution is -2.20. The van der Waals surface area contributed by atoms with Crippen LogP contribution in [0.25, 0.3) is 15.8 Å². The van der Waals surface area contributed by atoms with Gasteiger partial charge in [0.1, 0.15) is 16.6 Å². The molecule has 2 aromatic rings. The number of benzene rings is 1. The number of para-hydroxylation sites is 1. The third-order valence-corrected chi connectivity index (χ3v) is 4.39. The maximum absolute atomic E-state index is 12.7. The highest BCUT2D eigenvalue weighted by Gasteiger charge is 2.34. The van der Waals surface area contributed by atoms with Gasteiger partial charge in [0.05, 0.1) is 21.5 Å². The van der Waals surface area contributed by atoms with Crippen LogP contribution < -0.4 is 0 Å². The Hall–Kier alpha value is -2.59. The Balaban J connectivity index is 2.07. The number of allylic oxidation sites excluding steroid dienone is 4. The van der Waals surface area contributed by atoms with Crippen molar-refractivity contribution in [3.63, 3.8) is 0 Å². The van der Waals surface area contributed by atoms with Gasteiger partial charge < -0.3 is 4.90 Å². The monoisotopic (exact) mass is 333 g/mol. The summed E-state index contributed by atoms with van der Waals surface area (Å²) in [5.74, 6) is 0. The Morgan fingerprint density at radius 2 is 2.00 bits per heavy atom. The molecule has 0 fully saturated rings. The van der Waals surface area contributed by atoms with Crippen molar-refractivity contribution in [3.8, 4) is 6.07 Å². The van der Waals surface area contributed by atoms with Crippen LogP contribution in [0, 0.1) is 11.3 Å². The SMILES string of the molecule is CN1C=C(C(F)(F)F)C=CC1=C(C#N)c1nc2ccccc2s1. The molecule has 23 heavy (non-hydrogen) atoms. The van der Waals surface area contributed by atoms with E-state index < -0.39 is 11.7 Å². The number of nitriles is 1. The van der Waals surface area contributed by atoms with Crippen molar-refractivity contribution in [2.75, 3.05) is 7.05 Å². The second-order valence-corrected chi connectivity index (χ2v) is 5.92. The minimum atomic E-state index is -4.42. The topological polar surface area (TPSA) is 39.9 Å². The number of thiazole rings is 1. The van der Waals surface area contributed by atoms with E-state index in [0.717, 1.165) is 22.5 Å². The number of fused-ring (bicyclic) bond motifs is 1. The Morgan fingerprint density at radius 1 is 1.26 bits per heavy atom. The molecule has 7 heteroatoms. The number of rotatable bonds is 1. The summed E-state index contributed by atoms with van der Waals surface area (Å²) in [7, 11) is 1.48. The molecule has 1 aromatic carbocycles. The van der Waals surface area contributed by atoms with E-state index in [1.54, 1.807) is 0 Å². The van der Waals surface area contributed by atoms with E-state index in [4.69, 9.17) is 0 Å². The van der Waals surface area contributed by atoms with Crippen LogP contribution in [0.15, 0.2) is 53.9 Å². The summed E-state index contributed by atoms with van der Waals surface area (Å²) in [6, 6.07) is 9.49. The molecule has 0 atom stereocenters. The van der Waals surface area contributed by atoms with Crippen LogP contribution in [0.3, 0.4) is 0 Å². The lowest BCUT2D eigenvalue weighted by Gasteiger charge is -2.23. The van der Waals surface area contributed by atoms with E-state index in [2.05, 4.69) is 11.1 Å². The van der Waals surface area contributed by atoms with Crippen LogP contribution in [0.1, 0.15) is 5.01 Å². The predicted octanol–water partition coefficient (Wildman–Crippen LogP) is 4.48. The molecule has 0 unspecified atom stereocenters. The molecule has 1 aliphatic rings. The van der Waals surface area contributed by atoms with Crippen molar-refractivity contribution in [2.45, 2.75) is 6.18 Å². The molecule has 0 radical (unpaired) electrons. The van der Waals surface area contributed by atoms with E-state index in [0.29, 0.717) is 10.7 Å². The molecule has 0 bridgehead atoms. The van der Waals surface area contributed by atoms with Crippen LogP contribution >= 0.6 is 11.3 Å². The smallest absolute Gasteiger partial charge is 0.349 e. The van der Waals surface area contributed by atoms with Gasteiger partial charge in [-0.2, -0.15) is 18.4 Å². The number of likely N-dealkylation sites (N-methyl/N-ethyl adjacent to an activating group) is 1. The average molecular weight is 333 g/mol. The Labute approximate surface area is 134 Å². The maximum Gasteiger partial charge on any atom is 0.417 e. The summed E-state index contributed by atoms with van der Waals surface area (Å²) in [4.78, 5) is 5.70. The minimum Gasteiger partial charge on any atom is -0.349 e. The second kappa shape index (κ2) is 5.56. The Morgan fingerprint density at radius 3 is 2.61 bits per heavy atom. The van der Waals surface area contributed by atoms with Gasteiger partial charge in [-0.1, -0.05) is 12.1 Å². The number of hydrogen-bond acceptors (Lipinski definition) is 4. The molecule has 3 rings (SSSR count). The van der Waals surface area contributed by atoms with E-state index in [1.165, 1.54) is 29.4 Å². The number of aromatic nitrogens is 1. The normalized spacial score (nSPS) is 17.2. The first-order valence-electron chi connectivity index (χ1n) is 6.60. The largest absolute Gasteiger partial charge is 0.417 e. The fourth-order valence-corrected chi connectivity index (χ4v) is 3.20. The molecule has 116 valence electrons. The van der Waals surface area contributed by atoms with Gasteiger partial charge in [0, 0.05) is 13.2 Å². The maximum atomic E-state index is 12.7. The quantitative estimate of drug-likeness (QED) is 0.723. The molecule has 1 aliphatic heterocycles. The fraction of sp³-hybridized carbons (Fsp3) is 0.125. The van der Waals surface area contributed by atoms with Crippen LogP contribution in [-0.2, 0) is 0 Å². The predicted molar refractivity (Wildman–Crippen MR) is 83.2 cm³/mol. The highest BCUT2D eigenvalue weighted by molar-refractivity contribution is 7.19. The lowest BCUT2D eigenvalue weighted by molar-refractivity contribution is -0.0892. The molecular weight excluding hydrogens is 323 g/mol. The van der Waals surface area contributed by atoms with Crippen molar-refractivity contribution >= 4 is 27.1 Å². The van der Waals surface area contributed by atoms with E-state index in [1.807, 2.05) is 24.3 Å². The van der Waals surface area contributed by atoms with Gasteiger partial charge >= 0.3 is 6.18 Å². The van der Waals surface area contributed by atoms with Crippen LogP contribution in [0.2, 0.25) is 0 Å². The van der Waals surface area contributed by atoms with Crippen LogP contribution in [-0.4, -0.2) is 23.1 Å². The summed E-state index contributed by atoms with van der Waals surface area (Å²) < 4.78 is 39.2. The van der Waals surface area contributed by atoms with Crippen LogP contribution in [0.4, 0.5) is 13.2 Å². The lowest BCUT2D eigenvalue weighted by atomic mass is 10.1. The molecule has 3 nitrogen and oxygen atoms in total. The van der Waals surface area contributed by atoms with Gasteiger partial charge in [0.2, 0.25) is 0 Å².